The summed E-state index contributed by atoms with van der Waals surface area (Å²) < 4.78 is 11.7. The van der Waals surface area contributed by atoms with Crippen molar-refractivity contribution >= 4 is 19.5 Å². The van der Waals surface area contributed by atoms with Gasteiger partial charge in [-0.2, -0.15) is 0 Å². The maximum Gasteiger partial charge on any atom is 0.487 e. The molecule has 100 valence electrons. The molecule has 19 heavy (non-hydrogen) atoms. The molecule has 1 saturated heterocycles. The Kier molecular flexibility index (Phi) is 3.61. The molecular weight excluding hydrogens is 241 g/mol. The van der Waals surface area contributed by atoms with E-state index in [1.165, 1.54) is 6.20 Å². The zero-order valence-electron chi connectivity index (χ0n) is 11.7. The number of aldehydes is 1. The average molecular weight is 259 g/mol. The molecule has 1 aliphatic rings. The van der Waals surface area contributed by atoms with Crippen LogP contribution in [0, 0.1) is 0 Å². The second-order valence-electron chi connectivity index (χ2n) is 5.62. The molecule has 5 heteroatoms. The van der Waals surface area contributed by atoms with Gasteiger partial charge in [0.15, 0.2) is 6.29 Å². The fraction of sp³-hybridized carbons (Fsp3) is 0.429. The van der Waals surface area contributed by atoms with Gasteiger partial charge in [-0.3, -0.25) is 9.78 Å². The summed E-state index contributed by atoms with van der Waals surface area (Å²) in [6, 6.07) is 3.51. The summed E-state index contributed by atoms with van der Waals surface area (Å²) in [5, 5.41) is 0. The van der Waals surface area contributed by atoms with Gasteiger partial charge in [0, 0.05) is 11.8 Å². The van der Waals surface area contributed by atoms with E-state index in [1.54, 1.807) is 12.1 Å². The third-order valence-corrected chi connectivity index (χ3v) is 3.64. The van der Waals surface area contributed by atoms with Crippen LogP contribution in [0.5, 0.6) is 0 Å². The third-order valence-electron chi connectivity index (χ3n) is 3.64. The lowest BCUT2D eigenvalue weighted by Gasteiger charge is -2.32. The van der Waals surface area contributed by atoms with Crippen molar-refractivity contribution in [2.24, 2.45) is 0 Å². The summed E-state index contributed by atoms with van der Waals surface area (Å²) in [5.41, 5.74) is 0.654. The minimum atomic E-state index is -0.377. The second-order valence-corrected chi connectivity index (χ2v) is 5.62. The Morgan fingerprint density at radius 2 is 1.79 bits per heavy atom. The van der Waals surface area contributed by atoms with Crippen molar-refractivity contribution in [1.82, 2.24) is 4.98 Å². The molecule has 2 rings (SSSR count). The Morgan fingerprint density at radius 1 is 1.16 bits per heavy atom. The fourth-order valence-electron chi connectivity index (χ4n) is 1.73. The van der Waals surface area contributed by atoms with Crippen LogP contribution in [0.2, 0.25) is 0 Å². The predicted octanol–water partition coefficient (Wildman–Crippen LogP) is 2.54. The van der Waals surface area contributed by atoms with Crippen molar-refractivity contribution in [2.75, 3.05) is 0 Å². The summed E-state index contributed by atoms with van der Waals surface area (Å²) in [5.74, 6) is 1.83. The molecule has 0 spiro atoms. The van der Waals surface area contributed by atoms with Crippen molar-refractivity contribution in [1.29, 1.82) is 0 Å². The number of nitrogens with zero attached hydrogens (tertiary/aromatic N) is 1. The standard InChI is InChI=1S/C14H18BNO3/c1-13(2)14(3,4)19-15(18-13)8-7-12-6-5-11(10-17)9-16-12/h5-10H,1-4H3/b8-7+. The Labute approximate surface area is 114 Å². The Bertz CT molecular complexity index is 478. The molecule has 2 heterocycles. The lowest BCUT2D eigenvalue weighted by molar-refractivity contribution is 0.00578. The maximum atomic E-state index is 10.5. The maximum absolute atomic E-state index is 10.5. The molecule has 0 unspecified atom stereocenters. The van der Waals surface area contributed by atoms with Gasteiger partial charge in [-0.05, 0) is 45.9 Å². The van der Waals surface area contributed by atoms with Gasteiger partial charge >= 0.3 is 7.12 Å². The van der Waals surface area contributed by atoms with Gasteiger partial charge in [-0.1, -0.05) is 5.98 Å². The van der Waals surface area contributed by atoms with Gasteiger partial charge in [0.2, 0.25) is 0 Å². The molecule has 0 aliphatic carbocycles. The molecule has 0 atom stereocenters. The molecule has 1 aromatic heterocycles. The molecule has 1 fully saturated rings. The number of hydrogen-bond acceptors (Lipinski definition) is 4. The van der Waals surface area contributed by atoms with Crippen LogP contribution in [0.3, 0.4) is 0 Å². The molecule has 0 radical (unpaired) electrons. The lowest BCUT2D eigenvalue weighted by Crippen LogP contribution is -2.41. The third kappa shape index (κ3) is 2.93. The highest BCUT2D eigenvalue weighted by Crippen LogP contribution is 2.36. The zero-order valence-corrected chi connectivity index (χ0v) is 11.7. The zero-order chi connectivity index (χ0) is 14.1. The predicted molar refractivity (Wildman–Crippen MR) is 74.7 cm³/mol. The van der Waals surface area contributed by atoms with Gasteiger partial charge in [0.25, 0.3) is 0 Å². The monoisotopic (exact) mass is 259 g/mol. The van der Waals surface area contributed by atoms with Crippen molar-refractivity contribution in [3.05, 3.63) is 35.6 Å². The van der Waals surface area contributed by atoms with Gasteiger partial charge < -0.3 is 9.31 Å². The van der Waals surface area contributed by atoms with Gasteiger partial charge in [-0.25, -0.2) is 0 Å². The number of pyridine rings is 1. The van der Waals surface area contributed by atoms with E-state index in [1.807, 2.05) is 39.7 Å². The normalized spacial score (nSPS) is 20.9. The van der Waals surface area contributed by atoms with Crippen LogP contribution in [0.25, 0.3) is 6.08 Å². The average Bonchev–Trinajstić information content (AvgIpc) is 2.56. The molecule has 0 N–H and O–H groups in total. The first-order valence-corrected chi connectivity index (χ1v) is 6.29. The van der Waals surface area contributed by atoms with E-state index in [0.29, 0.717) is 5.56 Å². The SMILES string of the molecule is CC1(C)OB(/C=C/c2ccc(C=O)cn2)OC1(C)C. The number of carbonyl (C=O) groups excluding carboxylic acids is 1. The van der Waals surface area contributed by atoms with E-state index in [2.05, 4.69) is 4.98 Å². The summed E-state index contributed by atoms with van der Waals surface area (Å²) in [7, 11) is -0.377. The summed E-state index contributed by atoms with van der Waals surface area (Å²) in [4.78, 5) is 14.7. The Balaban J connectivity index is 2.06. The number of aromatic nitrogens is 1. The van der Waals surface area contributed by atoms with E-state index in [-0.39, 0.29) is 18.3 Å². The Hall–Kier alpha value is -1.46. The van der Waals surface area contributed by atoms with E-state index >= 15 is 0 Å². The highest BCUT2D eigenvalue weighted by molar-refractivity contribution is 6.52. The summed E-state index contributed by atoms with van der Waals surface area (Å²) in [6.07, 6.45) is 4.14. The minimum absolute atomic E-state index is 0.336. The van der Waals surface area contributed by atoms with Crippen molar-refractivity contribution < 1.29 is 14.1 Å². The quantitative estimate of drug-likeness (QED) is 0.618. The molecule has 1 aliphatic heterocycles. The largest absolute Gasteiger partial charge is 0.487 e. The molecular formula is C14H18BNO3. The van der Waals surface area contributed by atoms with Gasteiger partial charge in [0.1, 0.15) is 0 Å². The molecule has 4 nitrogen and oxygen atoms in total. The van der Waals surface area contributed by atoms with E-state index in [4.69, 9.17) is 9.31 Å². The Morgan fingerprint density at radius 3 is 2.26 bits per heavy atom. The highest BCUT2D eigenvalue weighted by Gasteiger charge is 2.49. The minimum Gasteiger partial charge on any atom is -0.400 e. The van der Waals surface area contributed by atoms with Crippen molar-refractivity contribution in [3.63, 3.8) is 0 Å². The van der Waals surface area contributed by atoms with Crippen LogP contribution in [-0.2, 0) is 9.31 Å². The van der Waals surface area contributed by atoms with Crippen LogP contribution < -0.4 is 0 Å². The molecule has 1 aromatic rings. The van der Waals surface area contributed by atoms with Crippen LogP contribution in [0.15, 0.2) is 24.3 Å². The summed E-state index contributed by atoms with van der Waals surface area (Å²) >= 11 is 0. The van der Waals surface area contributed by atoms with Crippen molar-refractivity contribution in [2.45, 2.75) is 38.9 Å². The first-order valence-electron chi connectivity index (χ1n) is 6.29. The second kappa shape index (κ2) is 4.91. The van der Waals surface area contributed by atoms with E-state index in [0.717, 1.165) is 12.0 Å². The van der Waals surface area contributed by atoms with Gasteiger partial charge in [-0.15, -0.1) is 0 Å². The number of carbonyl (C=O) groups is 1. The molecule has 0 bridgehead atoms. The first kappa shape index (κ1) is 14.0. The topological polar surface area (TPSA) is 48.4 Å². The smallest absolute Gasteiger partial charge is 0.400 e. The number of rotatable bonds is 3. The van der Waals surface area contributed by atoms with Crippen LogP contribution in [-0.4, -0.2) is 29.6 Å². The summed E-state index contributed by atoms with van der Waals surface area (Å²) in [6.45, 7) is 8.05. The highest BCUT2D eigenvalue weighted by atomic mass is 16.7. The number of hydrogen-bond donors (Lipinski definition) is 0. The van der Waals surface area contributed by atoms with E-state index in [9.17, 15) is 4.79 Å². The van der Waals surface area contributed by atoms with Crippen molar-refractivity contribution in [3.8, 4) is 0 Å². The molecule has 0 amide bonds. The molecule has 0 saturated carbocycles. The van der Waals surface area contributed by atoms with Gasteiger partial charge in [0.05, 0.1) is 16.9 Å². The van der Waals surface area contributed by atoms with Crippen LogP contribution in [0.1, 0.15) is 43.7 Å². The molecule has 0 aromatic carbocycles. The first-order chi connectivity index (χ1) is 8.84. The lowest BCUT2D eigenvalue weighted by atomic mass is 9.89. The van der Waals surface area contributed by atoms with Crippen LogP contribution in [0.4, 0.5) is 0 Å². The van der Waals surface area contributed by atoms with Crippen LogP contribution >= 0.6 is 0 Å². The fourth-order valence-corrected chi connectivity index (χ4v) is 1.73. The van der Waals surface area contributed by atoms with E-state index < -0.39 is 0 Å².